The van der Waals surface area contributed by atoms with E-state index in [9.17, 15) is 9.59 Å². The van der Waals surface area contributed by atoms with Crippen molar-refractivity contribution >= 4 is 27.7 Å². The van der Waals surface area contributed by atoms with E-state index in [1.54, 1.807) is 12.1 Å². The molecule has 0 saturated heterocycles. The molecule has 1 atom stereocenters. The summed E-state index contributed by atoms with van der Waals surface area (Å²) in [7, 11) is 0. The van der Waals surface area contributed by atoms with Crippen molar-refractivity contribution in [2.24, 2.45) is 0 Å². The van der Waals surface area contributed by atoms with Crippen LogP contribution in [0.15, 0.2) is 21.2 Å². The first-order chi connectivity index (χ1) is 8.52. The van der Waals surface area contributed by atoms with Crippen LogP contribution in [0, 0.1) is 0 Å². The highest BCUT2D eigenvalue weighted by Crippen LogP contribution is 2.13. The lowest BCUT2D eigenvalue weighted by atomic mass is 10.2. The lowest BCUT2D eigenvalue weighted by molar-refractivity contribution is -0.121. The number of hydrogen-bond acceptors (Lipinski definition) is 3. The van der Waals surface area contributed by atoms with Gasteiger partial charge in [0.15, 0.2) is 10.4 Å². The fraction of sp³-hybridized carbons (Fsp3) is 0.500. The number of halogens is 1. The fourth-order valence-corrected chi connectivity index (χ4v) is 1.57. The van der Waals surface area contributed by atoms with E-state index in [2.05, 4.69) is 26.6 Å². The van der Waals surface area contributed by atoms with Crippen LogP contribution in [0.25, 0.3) is 0 Å². The minimum absolute atomic E-state index is 0.0646. The summed E-state index contributed by atoms with van der Waals surface area (Å²) in [6, 6.07) is 3.37. The highest BCUT2D eigenvalue weighted by atomic mass is 79.9. The van der Waals surface area contributed by atoms with Gasteiger partial charge in [-0.15, -0.1) is 0 Å². The van der Waals surface area contributed by atoms with Gasteiger partial charge in [-0.2, -0.15) is 0 Å². The smallest absolute Gasteiger partial charge is 0.287 e. The molecule has 6 heteroatoms. The Hall–Kier alpha value is -1.30. The number of rotatable bonds is 6. The number of furan rings is 1. The van der Waals surface area contributed by atoms with Gasteiger partial charge in [-0.1, -0.05) is 6.92 Å². The van der Waals surface area contributed by atoms with Gasteiger partial charge in [-0.3, -0.25) is 9.59 Å². The Labute approximate surface area is 114 Å². The van der Waals surface area contributed by atoms with Crippen LogP contribution in [0.4, 0.5) is 0 Å². The van der Waals surface area contributed by atoms with Gasteiger partial charge in [0, 0.05) is 19.0 Å². The molecule has 2 N–H and O–H groups in total. The van der Waals surface area contributed by atoms with Gasteiger partial charge in [0.1, 0.15) is 0 Å². The zero-order valence-corrected chi connectivity index (χ0v) is 12.0. The van der Waals surface area contributed by atoms with E-state index in [-0.39, 0.29) is 30.0 Å². The van der Waals surface area contributed by atoms with E-state index < -0.39 is 0 Å². The highest BCUT2D eigenvalue weighted by molar-refractivity contribution is 9.10. The molecule has 0 aliphatic rings. The summed E-state index contributed by atoms with van der Waals surface area (Å²) >= 11 is 3.12. The van der Waals surface area contributed by atoms with Gasteiger partial charge in [0.05, 0.1) is 0 Å². The van der Waals surface area contributed by atoms with Crippen LogP contribution in [0.3, 0.4) is 0 Å². The molecule has 1 aromatic heterocycles. The first-order valence-corrected chi connectivity index (χ1v) is 6.65. The average Bonchev–Trinajstić information content (AvgIpc) is 2.75. The van der Waals surface area contributed by atoms with Crippen molar-refractivity contribution in [3.63, 3.8) is 0 Å². The molecule has 0 bridgehead atoms. The van der Waals surface area contributed by atoms with Crippen molar-refractivity contribution in [1.82, 2.24) is 10.6 Å². The normalized spacial score (nSPS) is 11.9. The van der Waals surface area contributed by atoms with E-state index in [4.69, 9.17) is 4.42 Å². The predicted molar refractivity (Wildman–Crippen MR) is 71.3 cm³/mol. The molecule has 0 aliphatic carbocycles. The maximum Gasteiger partial charge on any atom is 0.287 e. The molecule has 0 aromatic carbocycles. The second-order valence-corrected chi connectivity index (χ2v) is 4.77. The number of amides is 2. The van der Waals surface area contributed by atoms with Crippen LogP contribution in [-0.4, -0.2) is 24.4 Å². The maximum absolute atomic E-state index is 11.6. The average molecular weight is 317 g/mol. The highest BCUT2D eigenvalue weighted by Gasteiger charge is 2.11. The molecule has 1 heterocycles. The summed E-state index contributed by atoms with van der Waals surface area (Å²) in [6.07, 6.45) is 1.15. The van der Waals surface area contributed by atoms with Gasteiger partial charge in [0.25, 0.3) is 5.91 Å². The Bertz CT molecular complexity index is 417. The zero-order chi connectivity index (χ0) is 13.5. The second kappa shape index (κ2) is 7.20. The van der Waals surface area contributed by atoms with Crippen LogP contribution < -0.4 is 10.6 Å². The van der Waals surface area contributed by atoms with Gasteiger partial charge in [-0.05, 0) is 41.4 Å². The van der Waals surface area contributed by atoms with E-state index in [0.29, 0.717) is 11.2 Å². The Morgan fingerprint density at radius 3 is 2.72 bits per heavy atom. The molecule has 1 unspecified atom stereocenters. The van der Waals surface area contributed by atoms with E-state index in [0.717, 1.165) is 6.42 Å². The summed E-state index contributed by atoms with van der Waals surface area (Å²) in [5.74, 6) is -0.161. The molecule has 18 heavy (non-hydrogen) atoms. The first kappa shape index (κ1) is 14.8. The van der Waals surface area contributed by atoms with E-state index in [1.165, 1.54) is 0 Å². The topological polar surface area (TPSA) is 71.3 Å². The van der Waals surface area contributed by atoms with Crippen molar-refractivity contribution in [2.45, 2.75) is 32.7 Å². The molecular weight excluding hydrogens is 300 g/mol. The third kappa shape index (κ3) is 4.91. The fourth-order valence-electron chi connectivity index (χ4n) is 1.26. The molecule has 100 valence electrons. The summed E-state index contributed by atoms with van der Waals surface area (Å²) in [5, 5.41) is 5.45. The van der Waals surface area contributed by atoms with Crippen molar-refractivity contribution in [3.8, 4) is 0 Å². The van der Waals surface area contributed by atoms with Crippen molar-refractivity contribution < 1.29 is 14.0 Å². The van der Waals surface area contributed by atoms with Gasteiger partial charge in [-0.25, -0.2) is 0 Å². The third-order valence-corrected chi connectivity index (χ3v) is 2.88. The molecule has 0 saturated carbocycles. The standard InChI is InChI=1S/C12H17BrN2O3/c1-3-8(2)15-11(16)6-7-14-12(17)9-4-5-10(13)18-9/h4-5,8H,3,6-7H2,1-2H3,(H,14,17)(H,15,16). The number of hydrogen-bond donors (Lipinski definition) is 2. The lowest BCUT2D eigenvalue weighted by Gasteiger charge is -2.11. The molecule has 5 nitrogen and oxygen atoms in total. The van der Waals surface area contributed by atoms with Gasteiger partial charge in [0.2, 0.25) is 5.91 Å². The molecule has 0 radical (unpaired) electrons. The number of carbonyl (C=O) groups excluding carboxylic acids is 2. The monoisotopic (exact) mass is 316 g/mol. The van der Waals surface area contributed by atoms with E-state index in [1.807, 2.05) is 13.8 Å². The molecule has 0 fully saturated rings. The van der Waals surface area contributed by atoms with Gasteiger partial charge < -0.3 is 15.1 Å². The number of nitrogens with one attached hydrogen (secondary N) is 2. The van der Waals surface area contributed by atoms with Crippen LogP contribution in [-0.2, 0) is 4.79 Å². The van der Waals surface area contributed by atoms with Crippen LogP contribution in [0.1, 0.15) is 37.2 Å². The summed E-state index contributed by atoms with van der Waals surface area (Å²) in [5.41, 5.74) is 0. The summed E-state index contributed by atoms with van der Waals surface area (Å²) < 4.78 is 5.59. The van der Waals surface area contributed by atoms with Crippen LogP contribution >= 0.6 is 15.9 Å². The Kier molecular flexibility index (Phi) is 5.91. The number of carbonyl (C=O) groups is 2. The summed E-state index contributed by atoms with van der Waals surface area (Å²) in [6.45, 7) is 4.23. The second-order valence-electron chi connectivity index (χ2n) is 3.99. The third-order valence-electron chi connectivity index (χ3n) is 2.45. The Balaban J connectivity index is 2.25. The minimum atomic E-state index is -0.322. The molecular formula is C12H17BrN2O3. The van der Waals surface area contributed by atoms with Crippen molar-refractivity contribution in [3.05, 3.63) is 22.6 Å². The Morgan fingerprint density at radius 2 is 2.17 bits per heavy atom. The SMILES string of the molecule is CCC(C)NC(=O)CCNC(=O)c1ccc(Br)o1. The molecule has 2 amide bonds. The largest absolute Gasteiger partial charge is 0.444 e. The van der Waals surface area contributed by atoms with Crippen molar-refractivity contribution in [1.29, 1.82) is 0 Å². The van der Waals surface area contributed by atoms with Crippen LogP contribution in [0.5, 0.6) is 0 Å². The lowest BCUT2D eigenvalue weighted by Crippen LogP contribution is -2.35. The molecule has 0 aliphatic heterocycles. The zero-order valence-electron chi connectivity index (χ0n) is 10.5. The first-order valence-electron chi connectivity index (χ1n) is 5.85. The maximum atomic E-state index is 11.6. The molecule has 1 rings (SSSR count). The predicted octanol–water partition coefficient (Wildman–Crippen LogP) is 2.08. The molecule has 1 aromatic rings. The molecule has 0 spiro atoms. The quantitative estimate of drug-likeness (QED) is 0.844. The van der Waals surface area contributed by atoms with Crippen molar-refractivity contribution in [2.75, 3.05) is 6.54 Å². The minimum Gasteiger partial charge on any atom is -0.444 e. The van der Waals surface area contributed by atoms with Gasteiger partial charge >= 0.3 is 0 Å². The van der Waals surface area contributed by atoms with E-state index >= 15 is 0 Å². The van der Waals surface area contributed by atoms with Crippen LogP contribution in [0.2, 0.25) is 0 Å². The Morgan fingerprint density at radius 1 is 1.44 bits per heavy atom. The summed E-state index contributed by atoms with van der Waals surface area (Å²) in [4.78, 5) is 23.0.